The molecule has 1 fully saturated rings. The molecule has 0 aromatic heterocycles. The first-order chi connectivity index (χ1) is 14.3. The van der Waals surface area contributed by atoms with Gasteiger partial charge in [-0.1, -0.05) is 30.7 Å². The van der Waals surface area contributed by atoms with E-state index in [0.717, 1.165) is 19.3 Å². The molecule has 1 unspecified atom stereocenters. The molecule has 2 aromatic rings. The van der Waals surface area contributed by atoms with Crippen LogP contribution in [-0.4, -0.2) is 43.7 Å². The Balaban J connectivity index is 1.71. The molecule has 2 N–H and O–H groups in total. The SMILES string of the molecule is Cc1ccc(NC(=O)C(C)NC(=O)c2ccccc2)cc1S(=O)(=O)N1CCCCC1. The highest BCUT2D eigenvalue weighted by Crippen LogP contribution is 2.26. The van der Waals surface area contributed by atoms with E-state index in [1.165, 1.54) is 10.4 Å². The van der Waals surface area contributed by atoms with Crippen molar-refractivity contribution in [2.45, 2.75) is 44.0 Å². The maximum Gasteiger partial charge on any atom is 0.251 e. The number of anilines is 1. The van der Waals surface area contributed by atoms with Crippen LogP contribution in [0.15, 0.2) is 53.4 Å². The molecule has 3 rings (SSSR count). The molecule has 1 heterocycles. The van der Waals surface area contributed by atoms with E-state index in [-0.39, 0.29) is 10.8 Å². The van der Waals surface area contributed by atoms with Crippen molar-refractivity contribution in [2.24, 2.45) is 0 Å². The molecule has 0 bridgehead atoms. The smallest absolute Gasteiger partial charge is 0.251 e. The molecule has 160 valence electrons. The Hall–Kier alpha value is -2.71. The summed E-state index contributed by atoms with van der Waals surface area (Å²) in [6.07, 6.45) is 2.74. The van der Waals surface area contributed by atoms with E-state index in [1.54, 1.807) is 56.3 Å². The fraction of sp³-hybridized carbons (Fsp3) is 0.364. The molecular formula is C22H27N3O4S. The molecule has 2 amide bonds. The third-order valence-electron chi connectivity index (χ3n) is 5.17. The molecule has 7 nitrogen and oxygen atoms in total. The van der Waals surface area contributed by atoms with Gasteiger partial charge in [-0.3, -0.25) is 9.59 Å². The van der Waals surface area contributed by atoms with Gasteiger partial charge in [-0.25, -0.2) is 8.42 Å². The Morgan fingerprint density at radius 2 is 1.67 bits per heavy atom. The van der Waals surface area contributed by atoms with Crippen LogP contribution >= 0.6 is 0 Å². The lowest BCUT2D eigenvalue weighted by Crippen LogP contribution is -2.41. The van der Waals surface area contributed by atoms with Gasteiger partial charge >= 0.3 is 0 Å². The van der Waals surface area contributed by atoms with Crippen molar-refractivity contribution in [1.29, 1.82) is 0 Å². The number of hydrogen-bond donors (Lipinski definition) is 2. The van der Waals surface area contributed by atoms with Crippen molar-refractivity contribution < 1.29 is 18.0 Å². The minimum absolute atomic E-state index is 0.197. The summed E-state index contributed by atoms with van der Waals surface area (Å²) < 4.78 is 27.6. The predicted molar refractivity (Wildman–Crippen MR) is 116 cm³/mol. The van der Waals surface area contributed by atoms with Crippen LogP contribution in [0.1, 0.15) is 42.1 Å². The molecule has 30 heavy (non-hydrogen) atoms. The number of carbonyl (C=O) groups excluding carboxylic acids is 2. The standard InChI is InChI=1S/C22H27N3O4S/c1-16-11-12-19(15-20(16)30(28,29)25-13-7-4-8-14-25)24-21(26)17(2)23-22(27)18-9-5-3-6-10-18/h3,5-6,9-12,15,17H,4,7-8,13-14H2,1-2H3,(H,23,27)(H,24,26). The molecule has 0 aliphatic carbocycles. The molecule has 1 aliphatic heterocycles. The van der Waals surface area contributed by atoms with Crippen molar-refractivity contribution >= 4 is 27.5 Å². The largest absolute Gasteiger partial charge is 0.341 e. The topological polar surface area (TPSA) is 95.6 Å². The van der Waals surface area contributed by atoms with Crippen LogP contribution in [0.4, 0.5) is 5.69 Å². The zero-order valence-electron chi connectivity index (χ0n) is 17.2. The summed E-state index contributed by atoms with van der Waals surface area (Å²) in [5.74, 6) is -0.778. The second-order valence-electron chi connectivity index (χ2n) is 7.50. The van der Waals surface area contributed by atoms with Crippen LogP contribution in [0.25, 0.3) is 0 Å². The van der Waals surface area contributed by atoms with E-state index in [9.17, 15) is 18.0 Å². The van der Waals surface area contributed by atoms with Gasteiger partial charge in [0.05, 0.1) is 4.90 Å². The first kappa shape index (κ1) is 22.0. The average molecular weight is 430 g/mol. The number of benzene rings is 2. The number of aryl methyl sites for hydroxylation is 1. The Bertz CT molecular complexity index is 1020. The maximum absolute atomic E-state index is 13.0. The lowest BCUT2D eigenvalue weighted by atomic mass is 10.2. The van der Waals surface area contributed by atoms with E-state index >= 15 is 0 Å². The summed E-state index contributed by atoms with van der Waals surface area (Å²) in [5, 5.41) is 5.35. The summed E-state index contributed by atoms with van der Waals surface area (Å²) >= 11 is 0. The molecule has 0 spiro atoms. The zero-order chi connectivity index (χ0) is 21.7. The fourth-order valence-corrected chi connectivity index (χ4v) is 5.15. The van der Waals surface area contributed by atoms with Crippen molar-refractivity contribution in [3.8, 4) is 0 Å². The molecule has 1 saturated heterocycles. The van der Waals surface area contributed by atoms with E-state index in [4.69, 9.17) is 0 Å². The Kier molecular flexibility index (Phi) is 6.89. The number of nitrogens with one attached hydrogen (secondary N) is 2. The first-order valence-corrected chi connectivity index (χ1v) is 11.5. The highest BCUT2D eigenvalue weighted by atomic mass is 32.2. The lowest BCUT2D eigenvalue weighted by Gasteiger charge is -2.26. The highest BCUT2D eigenvalue weighted by molar-refractivity contribution is 7.89. The summed E-state index contributed by atoms with van der Waals surface area (Å²) in [5.41, 5.74) is 1.47. The predicted octanol–water partition coefficient (Wildman–Crippen LogP) is 2.93. The molecule has 1 atom stereocenters. The van der Waals surface area contributed by atoms with E-state index in [2.05, 4.69) is 10.6 Å². The van der Waals surface area contributed by atoms with Crippen molar-refractivity contribution in [1.82, 2.24) is 9.62 Å². The molecule has 0 radical (unpaired) electrons. The van der Waals surface area contributed by atoms with Gasteiger partial charge in [0.2, 0.25) is 15.9 Å². The summed E-state index contributed by atoms with van der Waals surface area (Å²) in [7, 11) is -3.61. The number of piperidine rings is 1. The van der Waals surface area contributed by atoms with Gasteiger partial charge in [0, 0.05) is 24.3 Å². The van der Waals surface area contributed by atoms with Crippen LogP contribution in [0.3, 0.4) is 0 Å². The van der Waals surface area contributed by atoms with Crippen LogP contribution < -0.4 is 10.6 Å². The van der Waals surface area contributed by atoms with Crippen molar-refractivity contribution in [2.75, 3.05) is 18.4 Å². The molecule has 2 aromatic carbocycles. The van der Waals surface area contributed by atoms with Gasteiger partial charge in [0.15, 0.2) is 0 Å². The maximum atomic E-state index is 13.0. The average Bonchev–Trinajstić information content (AvgIpc) is 2.76. The van der Waals surface area contributed by atoms with Gasteiger partial charge < -0.3 is 10.6 Å². The summed E-state index contributed by atoms with van der Waals surface area (Å²) in [6, 6.07) is 12.7. The quantitative estimate of drug-likeness (QED) is 0.738. The number of nitrogens with zero attached hydrogens (tertiary/aromatic N) is 1. The van der Waals surface area contributed by atoms with Gasteiger partial charge in [-0.15, -0.1) is 0 Å². The van der Waals surface area contributed by atoms with Crippen LogP contribution in [0.2, 0.25) is 0 Å². The van der Waals surface area contributed by atoms with Gasteiger partial charge in [0.25, 0.3) is 5.91 Å². The minimum Gasteiger partial charge on any atom is -0.341 e. The molecule has 8 heteroatoms. The number of carbonyl (C=O) groups is 2. The first-order valence-electron chi connectivity index (χ1n) is 10.1. The van der Waals surface area contributed by atoms with Gasteiger partial charge in [0.1, 0.15) is 6.04 Å². The number of hydrogen-bond acceptors (Lipinski definition) is 4. The lowest BCUT2D eigenvalue weighted by molar-refractivity contribution is -0.117. The Morgan fingerprint density at radius 1 is 1.00 bits per heavy atom. The number of rotatable bonds is 6. The van der Waals surface area contributed by atoms with Crippen LogP contribution in [0, 0.1) is 6.92 Å². The molecule has 1 aliphatic rings. The second-order valence-corrected chi connectivity index (χ2v) is 9.40. The fourth-order valence-electron chi connectivity index (χ4n) is 3.39. The van der Waals surface area contributed by atoms with Crippen LogP contribution in [-0.2, 0) is 14.8 Å². The van der Waals surface area contributed by atoms with Gasteiger partial charge in [-0.2, -0.15) is 4.31 Å². The normalized spacial score (nSPS) is 15.9. The van der Waals surface area contributed by atoms with Crippen LogP contribution in [0.5, 0.6) is 0 Å². The summed E-state index contributed by atoms with van der Waals surface area (Å²) in [4.78, 5) is 25.0. The second kappa shape index (κ2) is 9.40. The van der Waals surface area contributed by atoms with E-state index in [0.29, 0.717) is 29.9 Å². The molecular weight excluding hydrogens is 402 g/mol. The third-order valence-corrected chi connectivity index (χ3v) is 7.21. The van der Waals surface area contributed by atoms with Crippen molar-refractivity contribution in [3.63, 3.8) is 0 Å². The zero-order valence-corrected chi connectivity index (χ0v) is 18.0. The Labute approximate surface area is 177 Å². The van der Waals surface area contributed by atoms with E-state index < -0.39 is 22.0 Å². The molecule has 0 saturated carbocycles. The minimum atomic E-state index is -3.61. The number of amides is 2. The highest BCUT2D eigenvalue weighted by Gasteiger charge is 2.28. The summed E-state index contributed by atoms with van der Waals surface area (Å²) in [6.45, 7) is 4.35. The van der Waals surface area contributed by atoms with Gasteiger partial charge in [-0.05, 0) is 56.5 Å². The number of sulfonamides is 1. The monoisotopic (exact) mass is 429 g/mol. The van der Waals surface area contributed by atoms with E-state index in [1.807, 2.05) is 0 Å². The third kappa shape index (κ3) is 5.06. The Morgan fingerprint density at radius 3 is 2.33 bits per heavy atom. The van der Waals surface area contributed by atoms with Crippen molar-refractivity contribution in [3.05, 3.63) is 59.7 Å².